The summed E-state index contributed by atoms with van der Waals surface area (Å²) in [5, 5.41) is 0. The van der Waals surface area contributed by atoms with Crippen LogP contribution in [0.4, 0.5) is 0 Å². The molecule has 0 aromatic heterocycles. The van der Waals surface area contributed by atoms with E-state index in [9.17, 15) is 0 Å². The topological polar surface area (TPSA) is 0 Å². The molecule has 0 amide bonds. The van der Waals surface area contributed by atoms with Crippen molar-refractivity contribution >= 4 is 0 Å². The van der Waals surface area contributed by atoms with Crippen molar-refractivity contribution in [2.45, 2.75) is 74.7 Å². The Kier molecular flexibility index (Phi) is 11.7. The molecular weight excluding hydrogens is 204 g/mol. The summed E-state index contributed by atoms with van der Waals surface area (Å²) in [6.45, 7) is 15.2. The molecule has 1 aromatic carbocycles. The molecular formula is C17H34. The van der Waals surface area contributed by atoms with Gasteiger partial charge in [-0.2, -0.15) is 0 Å². The quantitative estimate of drug-likeness (QED) is 0.530. The second-order valence-electron chi connectivity index (χ2n) is 5.03. The van der Waals surface area contributed by atoms with Gasteiger partial charge in [-0.3, -0.25) is 0 Å². The van der Waals surface area contributed by atoms with Gasteiger partial charge in [0.15, 0.2) is 0 Å². The summed E-state index contributed by atoms with van der Waals surface area (Å²) in [4.78, 5) is 0. The normalized spacial score (nSPS) is 9.65. The van der Waals surface area contributed by atoms with Gasteiger partial charge in [0.05, 0.1) is 0 Å². The van der Waals surface area contributed by atoms with Crippen LogP contribution in [0.3, 0.4) is 0 Å². The monoisotopic (exact) mass is 238 g/mol. The maximum Gasteiger partial charge on any atom is -0.0132 e. The highest BCUT2D eigenvalue weighted by Crippen LogP contribution is 2.24. The van der Waals surface area contributed by atoms with Crippen molar-refractivity contribution in [1.29, 1.82) is 0 Å². The number of hydrogen-bond donors (Lipinski definition) is 0. The van der Waals surface area contributed by atoms with Crippen LogP contribution in [-0.4, -0.2) is 0 Å². The first kappa shape index (κ1) is 21.5. The minimum absolute atomic E-state index is 0. The van der Waals surface area contributed by atoms with Crippen molar-refractivity contribution < 1.29 is 0 Å². The smallest absolute Gasteiger partial charge is 0.0132 e. The van der Waals surface area contributed by atoms with Crippen molar-refractivity contribution in [3.63, 3.8) is 0 Å². The third kappa shape index (κ3) is 7.20. The Morgan fingerprint density at radius 3 is 1.41 bits per heavy atom. The Labute approximate surface area is 110 Å². The number of benzene rings is 1. The molecule has 102 valence electrons. The van der Waals surface area contributed by atoms with Crippen LogP contribution < -0.4 is 0 Å². The summed E-state index contributed by atoms with van der Waals surface area (Å²) in [5.41, 5.74) is 3.11. The molecule has 0 radical (unpaired) electrons. The Bertz CT molecular complexity index is 259. The zero-order chi connectivity index (χ0) is 12.1. The van der Waals surface area contributed by atoms with Gasteiger partial charge in [0, 0.05) is 0 Å². The largest absolute Gasteiger partial charge is 0.0776 e. The third-order valence-electron chi connectivity index (χ3n) is 2.44. The molecule has 0 heterocycles. The molecule has 0 unspecified atom stereocenters. The molecule has 0 fully saturated rings. The minimum atomic E-state index is 0. The predicted octanol–water partition coefficient (Wildman–Crippen LogP) is 6.41. The predicted molar refractivity (Wildman–Crippen MR) is 84.0 cm³/mol. The standard InChI is InChI=1S/C13H20.C2H6.2CH4/c1-10(2)11-6-8-12(9-7-11)13(3,4)5;1-2;;/h6-10H,1-5H3;1-2H3;2*1H4. The summed E-state index contributed by atoms with van der Waals surface area (Å²) in [7, 11) is 0. The van der Waals surface area contributed by atoms with E-state index in [0.717, 1.165) is 0 Å². The van der Waals surface area contributed by atoms with E-state index in [1.54, 1.807) is 0 Å². The Hall–Kier alpha value is -0.780. The average molecular weight is 238 g/mol. The van der Waals surface area contributed by atoms with E-state index >= 15 is 0 Å². The van der Waals surface area contributed by atoms with Crippen LogP contribution >= 0.6 is 0 Å². The molecule has 0 N–H and O–H groups in total. The molecule has 0 bridgehead atoms. The molecule has 0 aliphatic heterocycles. The minimum Gasteiger partial charge on any atom is -0.0776 e. The second kappa shape index (κ2) is 9.27. The zero-order valence-corrected chi connectivity index (χ0v) is 11.4. The van der Waals surface area contributed by atoms with Crippen LogP contribution in [0.2, 0.25) is 0 Å². The van der Waals surface area contributed by atoms with Gasteiger partial charge in [0.2, 0.25) is 0 Å². The fourth-order valence-corrected chi connectivity index (χ4v) is 1.37. The summed E-state index contributed by atoms with van der Waals surface area (Å²) >= 11 is 0. The van der Waals surface area contributed by atoms with Crippen LogP contribution in [0, 0.1) is 0 Å². The molecule has 0 saturated carbocycles. The highest BCUT2D eigenvalue weighted by Gasteiger charge is 2.12. The Morgan fingerprint density at radius 1 is 0.824 bits per heavy atom. The lowest BCUT2D eigenvalue weighted by Crippen LogP contribution is -2.10. The maximum absolute atomic E-state index is 2.25. The molecule has 0 atom stereocenters. The molecule has 0 aliphatic carbocycles. The van der Waals surface area contributed by atoms with Crippen molar-refractivity contribution in [1.82, 2.24) is 0 Å². The van der Waals surface area contributed by atoms with E-state index in [2.05, 4.69) is 58.9 Å². The number of rotatable bonds is 1. The van der Waals surface area contributed by atoms with Crippen molar-refractivity contribution in [3.8, 4) is 0 Å². The SMILES string of the molecule is C.C.CC.CC(C)c1ccc(C(C)(C)C)cc1. The summed E-state index contributed by atoms with van der Waals surface area (Å²) in [6, 6.07) is 8.97. The Morgan fingerprint density at radius 2 is 1.18 bits per heavy atom. The van der Waals surface area contributed by atoms with Crippen LogP contribution in [0.1, 0.15) is 80.4 Å². The molecule has 1 rings (SSSR count). The fourth-order valence-electron chi connectivity index (χ4n) is 1.37. The molecule has 0 saturated heterocycles. The lowest BCUT2D eigenvalue weighted by molar-refractivity contribution is 0.589. The van der Waals surface area contributed by atoms with Gasteiger partial charge in [0.1, 0.15) is 0 Å². The van der Waals surface area contributed by atoms with Gasteiger partial charge in [0.25, 0.3) is 0 Å². The summed E-state index contributed by atoms with van der Waals surface area (Å²) in [6.07, 6.45) is 0. The lowest BCUT2D eigenvalue weighted by atomic mass is 9.86. The third-order valence-corrected chi connectivity index (χ3v) is 2.44. The van der Waals surface area contributed by atoms with Gasteiger partial charge in [-0.1, -0.05) is 87.6 Å². The van der Waals surface area contributed by atoms with E-state index in [4.69, 9.17) is 0 Å². The molecule has 17 heavy (non-hydrogen) atoms. The van der Waals surface area contributed by atoms with Gasteiger partial charge in [-0.15, -0.1) is 0 Å². The molecule has 0 nitrogen and oxygen atoms in total. The molecule has 0 aliphatic rings. The average Bonchev–Trinajstić information content (AvgIpc) is 2.20. The van der Waals surface area contributed by atoms with E-state index in [0.29, 0.717) is 5.92 Å². The van der Waals surface area contributed by atoms with Crippen LogP contribution in [0.25, 0.3) is 0 Å². The van der Waals surface area contributed by atoms with Gasteiger partial charge < -0.3 is 0 Å². The van der Waals surface area contributed by atoms with E-state index in [1.807, 2.05) is 13.8 Å². The van der Waals surface area contributed by atoms with Crippen LogP contribution in [0.5, 0.6) is 0 Å². The summed E-state index contributed by atoms with van der Waals surface area (Å²) < 4.78 is 0. The molecule has 0 spiro atoms. The van der Waals surface area contributed by atoms with Crippen molar-refractivity contribution in [2.24, 2.45) is 0 Å². The first-order chi connectivity index (χ1) is 6.91. The number of hydrogen-bond acceptors (Lipinski definition) is 0. The first-order valence-electron chi connectivity index (χ1n) is 6.01. The highest BCUT2D eigenvalue weighted by atomic mass is 14.2. The zero-order valence-electron chi connectivity index (χ0n) is 11.4. The van der Waals surface area contributed by atoms with Crippen molar-refractivity contribution in [2.75, 3.05) is 0 Å². The fraction of sp³-hybridized carbons (Fsp3) is 0.647. The second-order valence-corrected chi connectivity index (χ2v) is 5.03. The maximum atomic E-state index is 2.25. The van der Waals surface area contributed by atoms with E-state index < -0.39 is 0 Å². The van der Waals surface area contributed by atoms with Crippen molar-refractivity contribution in [3.05, 3.63) is 35.4 Å². The van der Waals surface area contributed by atoms with Crippen LogP contribution in [0.15, 0.2) is 24.3 Å². The Balaban J connectivity index is -0.000000464. The first-order valence-corrected chi connectivity index (χ1v) is 6.01. The van der Waals surface area contributed by atoms with Crippen LogP contribution in [-0.2, 0) is 5.41 Å². The molecule has 0 heteroatoms. The molecule has 1 aromatic rings. The van der Waals surface area contributed by atoms with Gasteiger partial charge >= 0.3 is 0 Å². The van der Waals surface area contributed by atoms with E-state index in [-0.39, 0.29) is 20.3 Å². The highest BCUT2D eigenvalue weighted by molar-refractivity contribution is 5.28. The van der Waals surface area contributed by atoms with Gasteiger partial charge in [-0.25, -0.2) is 0 Å². The summed E-state index contributed by atoms with van der Waals surface area (Å²) in [5.74, 6) is 0.633. The lowest BCUT2D eigenvalue weighted by Gasteiger charge is -2.19. The van der Waals surface area contributed by atoms with Gasteiger partial charge in [-0.05, 0) is 22.5 Å². The van der Waals surface area contributed by atoms with E-state index in [1.165, 1.54) is 11.1 Å².